The van der Waals surface area contributed by atoms with Gasteiger partial charge < -0.3 is 14.0 Å². The third-order valence-electron chi connectivity index (χ3n) is 4.68. The van der Waals surface area contributed by atoms with Gasteiger partial charge >= 0.3 is 0 Å². The Balaban J connectivity index is 2.11. The van der Waals surface area contributed by atoms with Crippen LogP contribution in [0.25, 0.3) is 33.1 Å². The van der Waals surface area contributed by atoms with Crippen molar-refractivity contribution in [1.82, 2.24) is 9.55 Å². The average Bonchev–Trinajstić information content (AvgIpc) is 2.99. The highest BCUT2D eigenvalue weighted by Gasteiger charge is 2.17. The first-order chi connectivity index (χ1) is 12.7. The first-order valence-corrected chi connectivity index (χ1v) is 8.23. The lowest BCUT2D eigenvalue weighted by atomic mass is 10.1. The molecule has 26 heavy (non-hydrogen) atoms. The Bertz CT molecular complexity index is 1150. The minimum atomic E-state index is 0.402. The van der Waals surface area contributed by atoms with Crippen molar-refractivity contribution in [2.45, 2.75) is 0 Å². The third-order valence-corrected chi connectivity index (χ3v) is 4.68. The van der Waals surface area contributed by atoms with Gasteiger partial charge in [0.15, 0.2) is 17.8 Å². The van der Waals surface area contributed by atoms with E-state index in [9.17, 15) is 4.79 Å². The van der Waals surface area contributed by atoms with Crippen LogP contribution in [0.4, 0.5) is 0 Å². The van der Waals surface area contributed by atoms with Gasteiger partial charge in [-0.25, -0.2) is 4.98 Å². The Labute approximate surface area is 150 Å². The monoisotopic (exact) mass is 346 g/mol. The summed E-state index contributed by atoms with van der Waals surface area (Å²) in [5.74, 6) is 1.27. The van der Waals surface area contributed by atoms with Crippen LogP contribution >= 0.6 is 0 Å². The normalized spacial score (nSPS) is 11.0. The zero-order valence-electron chi connectivity index (χ0n) is 14.8. The Morgan fingerprint density at radius 1 is 0.962 bits per heavy atom. The maximum Gasteiger partial charge on any atom is 0.168 e. The van der Waals surface area contributed by atoms with E-state index in [2.05, 4.69) is 21.7 Å². The minimum Gasteiger partial charge on any atom is -0.493 e. The van der Waals surface area contributed by atoms with Crippen molar-refractivity contribution in [3.05, 3.63) is 54.2 Å². The summed E-state index contributed by atoms with van der Waals surface area (Å²) < 4.78 is 12.9. The van der Waals surface area contributed by atoms with Gasteiger partial charge in [-0.15, -0.1) is 0 Å². The van der Waals surface area contributed by atoms with E-state index in [-0.39, 0.29) is 0 Å². The molecule has 2 aromatic carbocycles. The van der Waals surface area contributed by atoms with E-state index < -0.39 is 0 Å². The van der Waals surface area contributed by atoms with Crippen LogP contribution in [0.5, 0.6) is 11.5 Å². The molecule has 0 aliphatic carbocycles. The van der Waals surface area contributed by atoms with Crippen molar-refractivity contribution in [2.24, 2.45) is 7.05 Å². The number of aromatic nitrogens is 2. The highest BCUT2D eigenvalue weighted by molar-refractivity contribution is 6.12. The van der Waals surface area contributed by atoms with Gasteiger partial charge in [0, 0.05) is 28.9 Å². The predicted octanol–water partition coefficient (Wildman–Crippen LogP) is 4.22. The molecule has 130 valence electrons. The van der Waals surface area contributed by atoms with Gasteiger partial charge in [0.05, 0.1) is 25.4 Å². The van der Waals surface area contributed by atoms with Crippen LogP contribution < -0.4 is 9.47 Å². The van der Waals surface area contributed by atoms with Gasteiger partial charge in [-0.05, 0) is 30.3 Å². The predicted molar refractivity (Wildman–Crippen MR) is 102 cm³/mol. The molecule has 4 rings (SSSR count). The van der Waals surface area contributed by atoms with Gasteiger partial charge in [-0.2, -0.15) is 0 Å². The maximum absolute atomic E-state index is 11.5. The Hall–Kier alpha value is -3.34. The summed E-state index contributed by atoms with van der Waals surface area (Å²) in [5, 5.41) is 2.10. The topological polar surface area (TPSA) is 53.3 Å². The van der Waals surface area contributed by atoms with Crippen LogP contribution in [0.3, 0.4) is 0 Å². The van der Waals surface area contributed by atoms with Gasteiger partial charge in [0.25, 0.3) is 0 Å². The number of rotatable bonds is 4. The number of ether oxygens (including phenoxy) is 2. The largest absolute Gasteiger partial charge is 0.493 e. The fourth-order valence-electron chi connectivity index (χ4n) is 3.46. The molecule has 0 fully saturated rings. The zero-order valence-corrected chi connectivity index (χ0v) is 14.8. The van der Waals surface area contributed by atoms with E-state index in [4.69, 9.17) is 9.47 Å². The third kappa shape index (κ3) is 2.32. The maximum atomic E-state index is 11.5. The quantitative estimate of drug-likeness (QED) is 0.519. The molecule has 5 heteroatoms. The van der Waals surface area contributed by atoms with Crippen LogP contribution in [0, 0.1) is 0 Å². The van der Waals surface area contributed by atoms with E-state index in [1.165, 1.54) is 0 Å². The molecule has 0 spiro atoms. The second-order valence-electron chi connectivity index (χ2n) is 6.06. The van der Waals surface area contributed by atoms with E-state index in [1.807, 2.05) is 43.4 Å². The summed E-state index contributed by atoms with van der Waals surface area (Å²) in [6.45, 7) is 0. The zero-order chi connectivity index (χ0) is 18.3. The van der Waals surface area contributed by atoms with Crippen molar-refractivity contribution in [3.8, 4) is 22.8 Å². The number of para-hydroxylation sites is 1. The molecule has 0 radical (unpaired) electrons. The molecule has 0 aliphatic rings. The van der Waals surface area contributed by atoms with Gasteiger partial charge in [0.1, 0.15) is 5.69 Å². The summed E-state index contributed by atoms with van der Waals surface area (Å²) in [6, 6.07) is 15.6. The van der Waals surface area contributed by atoms with Gasteiger partial charge in [-0.1, -0.05) is 18.2 Å². The molecule has 4 aromatic rings. The number of carbonyl (C=O) groups excluding carboxylic acids is 1. The molecule has 5 nitrogen and oxygen atoms in total. The molecule has 2 heterocycles. The number of hydrogen-bond donors (Lipinski definition) is 0. The number of aryl methyl sites for hydroxylation is 1. The molecule has 0 saturated heterocycles. The number of hydrogen-bond acceptors (Lipinski definition) is 4. The van der Waals surface area contributed by atoms with Crippen molar-refractivity contribution in [2.75, 3.05) is 14.2 Å². The van der Waals surface area contributed by atoms with E-state index in [0.717, 1.165) is 39.3 Å². The average molecular weight is 346 g/mol. The number of nitrogens with zero attached hydrogens (tertiary/aromatic N) is 2. The van der Waals surface area contributed by atoms with Crippen molar-refractivity contribution in [3.63, 3.8) is 0 Å². The number of carbonyl (C=O) groups is 1. The molecule has 0 saturated carbocycles. The number of methoxy groups -OCH3 is 2. The first kappa shape index (κ1) is 16.1. The van der Waals surface area contributed by atoms with Crippen LogP contribution in [-0.4, -0.2) is 30.1 Å². The molecule has 0 bridgehead atoms. The molecular weight excluding hydrogens is 328 g/mol. The number of fused-ring (bicyclic) bond motifs is 3. The van der Waals surface area contributed by atoms with E-state index in [0.29, 0.717) is 17.2 Å². The Kier molecular flexibility index (Phi) is 3.84. The van der Waals surface area contributed by atoms with Crippen molar-refractivity contribution in [1.29, 1.82) is 0 Å². The summed E-state index contributed by atoms with van der Waals surface area (Å²) in [5.41, 5.74) is 4.07. The van der Waals surface area contributed by atoms with Gasteiger partial charge in [-0.3, -0.25) is 4.79 Å². The highest BCUT2D eigenvalue weighted by atomic mass is 16.5. The van der Waals surface area contributed by atoms with Crippen LogP contribution in [0.2, 0.25) is 0 Å². The van der Waals surface area contributed by atoms with E-state index in [1.54, 1.807) is 14.2 Å². The lowest BCUT2D eigenvalue weighted by Gasteiger charge is -2.11. The first-order valence-electron chi connectivity index (χ1n) is 8.23. The molecule has 0 atom stereocenters. The van der Waals surface area contributed by atoms with Crippen LogP contribution in [0.1, 0.15) is 10.5 Å². The number of benzene rings is 2. The summed E-state index contributed by atoms with van der Waals surface area (Å²) in [4.78, 5) is 16.1. The Morgan fingerprint density at radius 3 is 2.46 bits per heavy atom. The summed E-state index contributed by atoms with van der Waals surface area (Å²) in [7, 11) is 5.21. The Morgan fingerprint density at radius 2 is 1.73 bits per heavy atom. The smallest absolute Gasteiger partial charge is 0.168 e. The molecule has 2 aromatic heterocycles. The van der Waals surface area contributed by atoms with Crippen LogP contribution in [-0.2, 0) is 7.05 Å². The van der Waals surface area contributed by atoms with Gasteiger partial charge in [0.2, 0.25) is 0 Å². The fraction of sp³-hybridized carbons (Fsp3) is 0.143. The number of aldehydes is 1. The second-order valence-corrected chi connectivity index (χ2v) is 6.06. The minimum absolute atomic E-state index is 0.402. The lowest BCUT2D eigenvalue weighted by Crippen LogP contribution is -1.97. The summed E-state index contributed by atoms with van der Waals surface area (Å²) in [6.07, 6.45) is 0.783. The van der Waals surface area contributed by atoms with Crippen LogP contribution in [0.15, 0.2) is 48.5 Å². The van der Waals surface area contributed by atoms with E-state index >= 15 is 0 Å². The summed E-state index contributed by atoms with van der Waals surface area (Å²) >= 11 is 0. The SMILES string of the molecule is COc1ccc(-c2nc(C=O)cc3c4ccccc4n(C)c23)cc1OC. The standard InChI is InChI=1S/C21H18N2O3/c1-23-17-7-5-4-6-15(17)16-11-14(12-24)22-20(21(16)23)13-8-9-18(25-2)19(10-13)26-3/h4-12H,1-3H3. The number of pyridine rings is 1. The molecule has 0 N–H and O–H groups in total. The molecule has 0 amide bonds. The van der Waals surface area contributed by atoms with Crippen molar-refractivity contribution < 1.29 is 14.3 Å². The second kappa shape index (κ2) is 6.19. The molecule has 0 unspecified atom stereocenters. The molecule has 0 aliphatic heterocycles. The van der Waals surface area contributed by atoms with Crippen molar-refractivity contribution >= 4 is 28.1 Å². The molecular formula is C21H18N2O3. The highest BCUT2D eigenvalue weighted by Crippen LogP contribution is 2.37. The fourth-order valence-corrected chi connectivity index (χ4v) is 3.46. The lowest BCUT2D eigenvalue weighted by molar-refractivity contribution is 0.111.